The number of fused-ring (bicyclic) bond motifs is 1. The fourth-order valence-electron chi connectivity index (χ4n) is 2.06. The summed E-state index contributed by atoms with van der Waals surface area (Å²) in [6.45, 7) is 0.332. The molecule has 0 N–H and O–H groups in total. The van der Waals surface area contributed by atoms with Gasteiger partial charge in [0, 0.05) is 13.0 Å². The number of hydrogen-bond acceptors (Lipinski definition) is 4. The first-order valence-corrected chi connectivity index (χ1v) is 6.38. The fraction of sp³-hybridized carbons (Fsp3) is 0.250. The first-order chi connectivity index (χ1) is 9.70. The smallest absolute Gasteiger partial charge is 0.213 e. The second-order valence-corrected chi connectivity index (χ2v) is 4.41. The maximum atomic E-state index is 13.9. The van der Waals surface area contributed by atoms with Gasteiger partial charge in [-0.15, -0.1) is 11.6 Å². The first-order valence-electron chi connectivity index (χ1n) is 5.85. The number of nitrogens with zero attached hydrogens (tertiary/aromatic N) is 4. The molecule has 2 aromatic heterocycles. The Morgan fingerprint density at radius 2 is 2.15 bits per heavy atom. The number of benzene rings is 1. The summed E-state index contributed by atoms with van der Waals surface area (Å²) in [5.41, 5.74) is 0.469. The third-order valence-electron chi connectivity index (χ3n) is 2.96. The lowest BCUT2D eigenvalue weighted by Gasteiger charge is -2.06. The minimum atomic E-state index is -0.931. The van der Waals surface area contributed by atoms with Gasteiger partial charge in [0.15, 0.2) is 17.5 Å². The molecule has 8 heteroatoms. The highest BCUT2D eigenvalue weighted by Gasteiger charge is 2.17. The lowest BCUT2D eigenvalue weighted by Crippen LogP contribution is -2.07. The molecule has 1 aromatic carbocycles. The molecule has 3 rings (SSSR count). The van der Waals surface area contributed by atoms with Crippen LogP contribution in [0.4, 0.5) is 8.78 Å². The molecule has 0 aliphatic rings. The predicted octanol–water partition coefficient (Wildman–Crippen LogP) is 2.68. The van der Waals surface area contributed by atoms with Crippen LogP contribution in [-0.4, -0.2) is 19.7 Å². The Bertz CT molecular complexity index is 742. The summed E-state index contributed by atoms with van der Waals surface area (Å²) in [5, 5.41) is 3.67. The summed E-state index contributed by atoms with van der Waals surface area (Å²) >= 11 is 5.81. The summed E-state index contributed by atoms with van der Waals surface area (Å²) in [6.07, 6.45) is 1.62. The molecule has 3 aromatic rings. The minimum Gasteiger partial charge on any atom is -0.343 e. The number of halogens is 3. The van der Waals surface area contributed by atoms with Crippen molar-refractivity contribution in [1.29, 1.82) is 0 Å². The van der Waals surface area contributed by atoms with E-state index in [2.05, 4.69) is 19.6 Å². The second kappa shape index (κ2) is 5.16. The van der Waals surface area contributed by atoms with Gasteiger partial charge in [-0.25, -0.2) is 13.8 Å². The van der Waals surface area contributed by atoms with E-state index in [1.54, 1.807) is 0 Å². The van der Waals surface area contributed by atoms with Crippen LogP contribution in [0.3, 0.4) is 0 Å². The number of aryl methyl sites for hydroxylation is 2. The number of rotatable bonds is 4. The average molecular weight is 299 g/mol. The molecule has 0 spiro atoms. The highest BCUT2D eigenvalue weighted by Crippen LogP contribution is 2.23. The number of imidazole rings is 1. The summed E-state index contributed by atoms with van der Waals surface area (Å²) in [5.74, 6) is -0.806. The lowest BCUT2D eigenvalue weighted by molar-refractivity contribution is 0.408. The number of alkyl halides is 1. The molecule has 0 unspecified atom stereocenters. The van der Waals surface area contributed by atoms with E-state index in [9.17, 15) is 8.78 Å². The zero-order chi connectivity index (χ0) is 14.1. The van der Waals surface area contributed by atoms with Crippen molar-refractivity contribution >= 4 is 22.6 Å². The molecule has 104 valence electrons. The maximum Gasteiger partial charge on any atom is 0.213 e. The standard InChI is InChI=1S/C12H9ClF2N4O/c13-5-10-17-8-2-1-7(14)11(15)12(8)19(10)4-3-9-16-6-20-18-9/h1-2,6H,3-5H2. The van der Waals surface area contributed by atoms with E-state index >= 15 is 0 Å². The predicted molar refractivity (Wildman–Crippen MR) is 67.2 cm³/mol. The third kappa shape index (κ3) is 2.14. The molecule has 0 bridgehead atoms. The van der Waals surface area contributed by atoms with Crippen molar-refractivity contribution in [3.63, 3.8) is 0 Å². The molecule has 5 nitrogen and oxygen atoms in total. The van der Waals surface area contributed by atoms with Crippen LogP contribution in [0, 0.1) is 11.6 Å². The van der Waals surface area contributed by atoms with Crippen molar-refractivity contribution < 1.29 is 13.3 Å². The molecule has 0 aliphatic heterocycles. The van der Waals surface area contributed by atoms with Crippen LogP contribution in [0.15, 0.2) is 23.0 Å². The normalized spacial score (nSPS) is 11.3. The van der Waals surface area contributed by atoms with Crippen molar-refractivity contribution in [2.45, 2.75) is 18.8 Å². The average Bonchev–Trinajstić information content (AvgIpc) is 3.07. The molecule has 0 atom stereocenters. The van der Waals surface area contributed by atoms with E-state index in [4.69, 9.17) is 11.6 Å². The molecule has 2 heterocycles. The highest BCUT2D eigenvalue weighted by atomic mass is 35.5. The van der Waals surface area contributed by atoms with Crippen LogP contribution >= 0.6 is 11.6 Å². The van der Waals surface area contributed by atoms with Crippen LogP contribution in [-0.2, 0) is 18.8 Å². The van der Waals surface area contributed by atoms with Gasteiger partial charge in [-0.1, -0.05) is 5.16 Å². The molecule has 0 fully saturated rings. The fourth-order valence-corrected chi connectivity index (χ4v) is 2.27. The van der Waals surface area contributed by atoms with Crippen molar-refractivity contribution in [2.75, 3.05) is 0 Å². The molecule has 20 heavy (non-hydrogen) atoms. The van der Waals surface area contributed by atoms with Crippen LogP contribution in [0.5, 0.6) is 0 Å². The molecule has 0 saturated heterocycles. The molecule has 0 radical (unpaired) electrons. The monoisotopic (exact) mass is 298 g/mol. The van der Waals surface area contributed by atoms with E-state index < -0.39 is 11.6 Å². The second-order valence-electron chi connectivity index (χ2n) is 4.14. The minimum absolute atomic E-state index is 0.0992. The first kappa shape index (κ1) is 13.0. The van der Waals surface area contributed by atoms with E-state index in [1.807, 2.05) is 0 Å². The van der Waals surface area contributed by atoms with Crippen molar-refractivity contribution in [3.8, 4) is 0 Å². The summed E-state index contributed by atoms with van der Waals surface area (Å²) in [4.78, 5) is 8.07. The quantitative estimate of drug-likeness (QED) is 0.695. The Morgan fingerprint density at radius 1 is 1.30 bits per heavy atom. The van der Waals surface area contributed by atoms with Crippen molar-refractivity contribution in [2.24, 2.45) is 0 Å². The molecule has 0 aliphatic carbocycles. The maximum absolute atomic E-state index is 13.9. The highest BCUT2D eigenvalue weighted by molar-refractivity contribution is 6.16. The molecule has 0 amide bonds. The Hall–Kier alpha value is -2.02. The van der Waals surface area contributed by atoms with Gasteiger partial charge in [0.05, 0.1) is 11.4 Å². The van der Waals surface area contributed by atoms with Gasteiger partial charge in [0.25, 0.3) is 0 Å². The van der Waals surface area contributed by atoms with Crippen LogP contribution in [0.25, 0.3) is 11.0 Å². The zero-order valence-corrected chi connectivity index (χ0v) is 10.9. The Labute approximate surface area is 117 Å². The largest absolute Gasteiger partial charge is 0.343 e. The van der Waals surface area contributed by atoms with Gasteiger partial charge in [0.2, 0.25) is 6.39 Å². The number of hydrogen-bond donors (Lipinski definition) is 0. The Kier molecular flexibility index (Phi) is 3.35. The van der Waals surface area contributed by atoms with E-state index in [0.29, 0.717) is 30.1 Å². The lowest BCUT2D eigenvalue weighted by atomic mass is 10.3. The van der Waals surface area contributed by atoms with Crippen molar-refractivity contribution in [3.05, 3.63) is 41.8 Å². The third-order valence-corrected chi connectivity index (χ3v) is 3.20. The van der Waals surface area contributed by atoms with E-state index in [-0.39, 0.29) is 11.4 Å². The summed E-state index contributed by atoms with van der Waals surface area (Å²) in [6, 6.07) is 2.47. The SMILES string of the molecule is Fc1ccc2nc(CCl)n(CCc3ncon3)c2c1F. The van der Waals surface area contributed by atoms with Gasteiger partial charge in [0.1, 0.15) is 11.3 Å². The molecule has 0 saturated carbocycles. The van der Waals surface area contributed by atoms with Crippen LogP contribution < -0.4 is 0 Å². The van der Waals surface area contributed by atoms with Gasteiger partial charge in [-0.05, 0) is 12.1 Å². The molecular formula is C12H9ClF2N4O. The molecular weight excluding hydrogens is 290 g/mol. The summed E-state index contributed by atoms with van der Waals surface area (Å²) < 4.78 is 33.5. The van der Waals surface area contributed by atoms with Gasteiger partial charge in [-0.2, -0.15) is 4.98 Å². The van der Waals surface area contributed by atoms with Crippen molar-refractivity contribution in [1.82, 2.24) is 19.7 Å². The van der Waals surface area contributed by atoms with E-state index in [0.717, 1.165) is 6.07 Å². The van der Waals surface area contributed by atoms with E-state index in [1.165, 1.54) is 17.0 Å². The Morgan fingerprint density at radius 3 is 2.85 bits per heavy atom. The topological polar surface area (TPSA) is 56.7 Å². The number of aromatic nitrogens is 4. The zero-order valence-electron chi connectivity index (χ0n) is 10.2. The van der Waals surface area contributed by atoms with Crippen LogP contribution in [0.2, 0.25) is 0 Å². The van der Waals surface area contributed by atoms with Gasteiger partial charge in [-0.3, -0.25) is 0 Å². The van der Waals surface area contributed by atoms with Gasteiger partial charge >= 0.3 is 0 Å². The van der Waals surface area contributed by atoms with Crippen LogP contribution in [0.1, 0.15) is 11.6 Å². The summed E-state index contributed by atoms with van der Waals surface area (Å²) in [7, 11) is 0. The Balaban J connectivity index is 2.05. The van der Waals surface area contributed by atoms with Gasteiger partial charge < -0.3 is 9.09 Å².